The normalized spacial score (nSPS) is 20.6. The van der Waals surface area contributed by atoms with E-state index in [1.807, 2.05) is 0 Å². The molecule has 1 aromatic rings. The van der Waals surface area contributed by atoms with Crippen LogP contribution >= 0.6 is 0 Å². The first-order valence-corrected chi connectivity index (χ1v) is 5.49. The number of aryl methyl sites for hydroxylation is 2. The smallest absolute Gasteiger partial charge is 0.0618 e. The Hall–Kier alpha value is -0.820. The Labute approximate surface area is 86.1 Å². The van der Waals surface area contributed by atoms with E-state index in [4.69, 9.17) is 4.74 Å². The second-order valence-electron chi connectivity index (χ2n) is 4.09. The molecule has 0 fully saturated rings. The molecule has 1 unspecified atom stereocenters. The number of rotatable bonds is 2. The highest BCUT2D eigenvalue weighted by atomic mass is 16.5. The van der Waals surface area contributed by atoms with Crippen molar-refractivity contribution in [1.29, 1.82) is 0 Å². The van der Waals surface area contributed by atoms with Gasteiger partial charge in [0.2, 0.25) is 0 Å². The molecule has 1 aliphatic rings. The Morgan fingerprint density at radius 3 is 3.00 bits per heavy atom. The minimum Gasteiger partial charge on any atom is -0.378 e. The van der Waals surface area contributed by atoms with Crippen molar-refractivity contribution in [1.82, 2.24) is 0 Å². The molecule has 1 aliphatic carbocycles. The maximum atomic E-state index is 5.67. The molecule has 0 radical (unpaired) electrons. The second-order valence-corrected chi connectivity index (χ2v) is 4.09. The van der Waals surface area contributed by atoms with Crippen molar-refractivity contribution in [2.24, 2.45) is 0 Å². The number of ether oxygens (including phenoxy) is 1. The van der Waals surface area contributed by atoms with Crippen LogP contribution in [0.5, 0.6) is 0 Å². The van der Waals surface area contributed by atoms with Crippen LogP contribution in [0.25, 0.3) is 0 Å². The first-order valence-electron chi connectivity index (χ1n) is 5.49. The Morgan fingerprint density at radius 1 is 1.36 bits per heavy atom. The highest BCUT2D eigenvalue weighted by Crippen LogP contribution is 2.23. The summed E-state index contributed by atoms with van der Waals surface area (Å²) in [6.07, 6.45) is 3.92. The van der Waals surface area contributed by atoms with Crippen molar-refractivity contribution in [3.05, 3.63) is 34.9 Å². The summed E-state index contributed by atoms with van der Waals surface area (Å²) in [5.41, 5.74) is 4.39. The third-order valence-corrected chi connectivity index (χ3v) is 2.95. The molecule has 76 valence electrons. The van der Waals surface area contributed by atoms with Crippen LogP contribution in [0.15, 0.2) is 18.2 Å². The van der Waals surface area contributed by atoms with Gasteiger partial charge in [0.05, 0.1) is 6.10 Å². The molecule has 0 amide bonds. The Bertz CT molecular complexity index is 317. The molecule has 0 spiro atoms. The van der Waals surface area contributed by atoms with Gasteiger partial charge in [-0.3, -0.25) is 0 Å². The van der Waals surface area contributed by atoms with Crippen LogP contribution in [0.3, 0.4) is 0 Å². The molecule has 1 aromatic carbocycles. The SMILES string of the molecule is CCOC1CCc2cc(C)ccc2C1. The maximum Gasteiger partial charge on any atom is 0.0618 e. The fourth-order valence-corrected chi connectivity index (χ4v) is 2.23. The van der Waals surface area contributed by atoms with E-state index >= 15 is 0 Å². The lowest BCUT2D eigenvalue weighted by molar-refractivity contribution is 0.0534. The van der Waals surface area contributed by atoms with Crippen LogP contribution < -0.4 is 0 Å². The van der Waals surface area contributed by atoms with Crippen molar-refractivity contribution in [2.45, 2.75) is 39.2 Å². The van der Waals surface area contributed by atoms with Crippen LogP contribution in [0.2, 0.25) is 0 Å². The molecule has 1 heteroatoms. The van der Waals surface area contributed by atoms with Gasteiger partial charge in [0.15, 0.2) is 0 Å². The van der Waals surface area contributed by atoms with Gasteiger partial charge in [-0.25, -0.2) is 0 Å². The van der Waals surface area contributed by atoms with Crippen LogP contribution in [-0.2, 0) is 17.6 Å². The molecular weight excluding hydrogens is 172 g/mol. The summed E-state index contributed by atoms with van der Waals surface area (Å²) in [6, 6.07) is 6.78. The molecule has 14 heavy (non-hydrogen) atoms. The van der Waals surface area contributed by atoms with Gasteiger partial charge in [-0.05, 0) is 44.2 Å². The lowest BCUT2D eigenvalue weighted by Crippen LogP contribution is -2.22. The number of fused-ring (bicyclic) bond motifs is 1. The first-order chi connectivity index (χ1) is 6.79. The molecule has 0 heterocycles. The molecule has 0 aromatic heterocycles. The summed E-state index contributed by atoms with van der Waals surface area (Å²) in [5, 5.41) is 0. The molecule has 1 nitrogen and oxygen atoms in total. The van der Waals surface area contributed by atoms with E-state index in [0.717, 1.165) is 13.0 Å². The zero-order valence-corrected chi connectivity index (χ0v) is 9.05. The fourth-order valence-electron chi connectivity index (χ4n) is 2.23. The summed E-state index contributed by atoms with van der Waals surface area (Å²) in [5.74, 6) is 0. The van der Waals surface area contributed by atoms with Gasteiger partial charge in [-0.15, -0.1) is 0 Å². The number of hydrogen-bond acceptors (Lipinski definition) is 1. The minimum absolute atomic E-state index is 0.454. The average molecular weight is 190 g/mol. The zero-order valence-electron chi connectivity index (χ0n) is 9.05. The second kappa shape index (κ2) is 4.14. The molecular formula is C13H18O. The molecule has 0 saturated carbocycles. The number of benzene rings is 1. The van der Waals surface area contributed by atoms with Gasteiger partial charge in [0.25, 0.3) is 0 Å². The third kappa shape index (κ3) is 1.98. The van der Waals surface area contributed by atoms with Gasteiger partial charge in [0, 0.05) is 6.61 Å². The first kappa shape index (κ1) is 9.72. The van der Waals surface area contributed by atoms with Gasteiger partial charge in [0.1, 0.15) is 0 Å². The van der Waals surface area contributed by atoms with E-state index in [-0.39, 0.29) is 0 Å². The quantitative estimate of drug-likeness (QED) is 0.696. The van der Waals surface area contributed by atoms with E-state index < -0.39 is 0 Å². The van der Waals surface area contributed by atoms with Crippen LogP contribution in [0.1, 0.15) is 30.0 Å². The standard InChI is InChI=1S/C13H18O/c1-3-14-13-7-6-11-8-10(2)4-5-12(11)9-13/h4-5,8,13H,3,6-7,9H2,1-2H3. The van der Waals surface area contributed by atoms with Crippen LogP contribution in [-0.4, -0.2) is 12.7 Å². The lowest BCUT2D eigenvalue weighted by Gasteiger charge is -2.24. The molecule has 2 rings (SSSR count). The zero-order chi connectivity index (χ0) is 9.97. The minimum atomic E-state index is 0.454. The van der Waals surface area contributed by atoms with Crippen LogP contribution in [0, 0.1) is 6.92 Å². The molecule has 0 saturated heterocycles. The summed E-state index contributed by atoms with van der Waals surface area (Å²) >= 11 is 0. The molecule has 0 N–H and O–H groups in total. The van der Waals surface area contributed by atoms with E-state index in [9.17, 15) is 0 Å². The predicted octanol–water partition coefficient (Wildman–Crippen LogP) is 2.89. The summed E-state index contributed by atoms with van der Waals surface area (Å²) in [6.45, 7) is 5.07. The third-order valence-electron chi connectivity index (χ3n) is 2.95. The van der Waals surface area contributed by atoms with Crippen molar-refractivity contribution in [2.75, 3.05) is 6.61 Å². The Balaban J connectivity index is 2.15. The lowest BCUT2D eigenvalue weighted by atomic mass is 9.89. The Morgan fingerprint density at radius 2 is 2.21 bits per heavy atom. The summed E-state index contributed by atoms with van der Waals surface area (Å²) in [4.78, 5) is 0. The summed E-state index contributed by atoms with van der Waals surface area (Å²) < 4.78 is 5.67. The highest BCUT2D eigenvalue weighted by molar-refractivity contribution is 5.33. The predicted molar refractivity (Wildman–Crippen MR) is 58.6 cm³/mol. The maximum absolute atomic E-state index is 5.67. The molecule has 1 atom stereocenters. The van der Waals surface area contributed by atoms with Crippen molar-refractivity contribution < 1.29 is 4.74 Å². The van der Waals surface area contributed by atoms with Gasteiger partial charge >= 0.3 is 0 Å². The molecule has 0 bridgehead atoms. The fraction of sp³-hybridized carbons (Fsp3) is 0.538. The van der Waals surface area contributed by atoms with E-state index in [2.05, 4.69) is 32.0 Å². The average Bonchev–Trinajstić information content (AvgIpc) is 2.19. The van der Waals surface area contributed by atoms with Gasteiger partial charge in [-0.1, -0.05) is 23.8 Å². The highest BCUT2D eigenvalue weighted by Gasteiger charge is 2.18. The molecule has 0 aliphatic heterocycles. The van der Waals surface area contributed by atoms with E-state index in [0.29, 0.717) is 6.10 Å². The summed E-state index contributed by atoms with van der Waals surface area (Å²) in [7, 11) is 0. The largest absolute Gasteiger partial charge is 0.378 e. The number of hydrogen-bond donors (Lipinski definition) is 0. The Kier molecular flexibility index (Phi) is 2.87. The van der Waals surface area contributed by atoms with E-state index in [1.54, 1.807) is 0 Å². The monoisotopic (exact) mass is 190 g/mol. The van der Waals surface area contributed by atoms with Gasteiger partial charge < -0.3 is 4.74 Å². The van der Waals surface area contributed by atoms with Crippen molar-refractivity contribution >= 4 is 0 Å². The van der Waals surface area contributed by atoms with Crippen molar-refractivity contribution in [3.8, 4) is 0 Å². The van der Waals surface area contributed by atoms with E-state index in [1.165, 1.54) is 29.5 Å². The van der Waals surface area contributed by atoms with Crippen molar-refractivity contribution in [3.63, 3.8) is 0 Å². The van der Waals surface area contributed by atoms with Crippen LogP contribution in [0.4, 0.5) is 0 Å². The topological polar surface area (TPSA) is 9.23 Å². The van der Waals surface area contributed by atoms with Gasteiger partial charge in [-0.2, -0.15) is 0 Å².